The van der Waals surface area contributed by atoms with E-state index in [2.05, 4.69) is 9.97 Å². The first-order valence-corrected chi connectivity index (χ1v) is 6.17. The second kappa shape index (κ2) is 6.01. The van der Waals surface area contributed by atoms with Crippen molar-refractivity contribution in [3.05, 3.63) is 47.9 Å². The van der Waals surface area contributed by atoms with Gasteiger partial charge in [0.25, 0.3) is 0 Å². The predicted molar refractivity (Wildman–Crippen MR) is 76.8 cm³/mol. The van der Waals surface area contributed by atoms with Crippen LogP contribution in [0.15, 0.2) is 36.8 Å². The van der Waals surface area contributed by atoms with Gasteiger partial charge in [-0.15, -0.1) is 0 Å². The number of nitrogens with zero attached hydrogens (tertiary/aromatic N) is 3. The monoisotopic (exact) mass is 272 g/mol. The predicted octanol–water partition coefficient (Wildman–Crippen LogP) is 1.44. The van der Waals surface area contributed by atoms with E-state index in [0.717, 1.165) is 12.0 Å². The van der Waals surface area contributed by atoms with Gasteiger partial charge in [-0.2, -0.15) is 0 Å². The van der Waals surface area contributed by atoms with Gasteiger partial charge in [0.1, 0.15) is 11.4 Å². The summed E-state index contributed by atoms with van der Waals surface area (Å²) in [4.78, 5) is 21.1. The first-order valence-electron chi connectivity index (χ1n) is 6.17. The summed E-state index contributed by atoms with van der Waals surface area (Å²) in [5, 5.41) is 9.19. The molecular formula is C14H16N4O2. The minimum Gasteiger partial charge on any atom is -0.478 e. The zero-order valence-corrected chi connectivity index (χ0v) is 11.2. The van der Waals surface area contributed by atoms with E-state index < -0.39 is 5.97 Å². The largest absolute Gasteiger partial charge is 0.478 e. The van der Waals surface area contributed by atoms with Gasteiger partial charge in [-0.05, 0) is 30.2 Å². The highest BCUT2D eigenvalue weighted by molar-refractivity contribution is 5.94. The molecule has 0 saturated carbocycles. The summed E-state index contributed by atoms with van der Waals surface area (Å²) in [7, 11) is 1.81. The number of aromatic nitrogens is 2. The molecule has 0 amide bonds. The van der Waals surface area contributed by atoms with Gasteiger partial charge < -0.3 is 15.7 Å². The standard InChI is InChI=1S/C14H16N4O2/c1-18(7-4-10-2-5-16-6-3-10)13-12(14(19)20)8-11(15)9-17-13/h2-3,5-6,8-9H,4,7,15H2,1H3,(H,19,20). The summed E-state index contributed by atoms with van der Waals surface area (Å²) in [6.07, 6.45) is 5.72. The van der Waals surface area contributed by atoms with Crippen LogP contribution in [0.25, 0.3) is 0 Å². The number of carbonyl (C=O) groups is 1. The molecule has 0 spiro atoms. The molecule has 0 atom stereocenters. The number of nitrogen functional groups attached to an aromatic ring is 1. The summed E-state index contributed by atoms with van der Waals surface area (Å²) in [5.74, 6) is -0.615. The van der Waals surface area contributed by atoms with Crippen molar-refractivity contribution in [3.8, 4) is 0 Å². The molecule has 0 fully saturated rings. The number of anilines is 2. The molecule has 2 rings (SSSR count). The minimum absolute atomic E-state index is 0.113. The molecule has 0 aromatic carbocycles. The van der Waals surface area contributed by atoms with Crippen molar-refractivity contribution in [1.29, 1.82) is 0 Å². The Bertz CT molecular complexity index is 601. The number of likely N-dealkylation sites (N-methyl/N-ethyl adjacent to an activating group) is 1. The summed E-state index contributed by atoms with van der Waals surface area (Å²) >= 11 is 0. The number of rotatable bonds is 5. The first-order chi connectivity index (χ1) is 9.58. The van der Waals surface area contributed by atoms with Crippen molar-refractivity contribution in [2.75, 3.05) is 24.2 Å². The van der Waals surface area contributed by atoms with Crippen molar-refractivity contribution in [2.24, 2.45) is 0 Å². The van der Waals surface area contributed by atoms with Gasteiger partial charge in [0.2, 0.25) is 0 Å². The molecule has 3 N–H and O–H groups in total. The van der Waals surface area contributed by atoms with E-state index in [4.69, 9.17) is 5.73 Å². The number of hydrogen-bond acceptors (Lipinski definition) is 5. The molecule has 2 aromatic rings. The van der Waals surface area contributed by atoms with Gasteiger partial charge in [-0.1, -0.05) is 0 Å². The fourth-order valence-electron chi connectivity index (χ4n) is 1.89. The van der Waals surface area contributed by atoms with Gasteiger partial charge in [0.15, 0.2) is 0 Å². The van der Waals surface area contributed by atoms with Crippen LogP contribution in [0, 0.1) is 0 Å². The van der Waals surface area contributed by atoms with Crippen molar-refractivity contribution in [1.82, 2.24) is 9.97 Å². The first kappa shape index (κ1) is 13.8. The van der Waals surface area contributed by atoms with E-state index in [0.29, 0.717) is 18.1 Å². The molecule has 0 saturated heterocycles. The molecule has 0 aliphatic carbocycles. The third-order valence-corrected chi connectivity index (χ3v) is 2.97. The van der Waals surface area contributed by atoms with Crippen LogP contribution in [0.2, 0.25) is 0 Å². The van der Waals surface area contributed by atoms with Crippen LogP contribution in [0.1, 0.15) is 15.9 Å². The zero-order valence-electron chi connectivity index (χ0n) is 11.2. The van der Waals surface area contributed by atoms with Crippen molar-refractivity contribution in [2.45, 2.75) is 6.42 Å². The topological polar surface area (TPSA) is 92.3 Å². The minimum atomic E-state index is -1.03. The Hall–Kier alpha value is -2.63. The Balaban J connectivity index is 2.13. The van der Waals surface area contributed by atoms with E-state index in [1.165, 1.54) is 12.3 Å². The quantitative estimate of drug-likeness (QED) is 0.855. The summed E-state index contributed by atoms with van der Waals surface area (Å²) in [6, 6.07) is 5.29. The lowest BCUT2D eigenvalue weighted by atomic mass is 10.2. The third kappa shape index (κ3) is 3.23. The SMILES string of the molecule is CN(CCc1ccncc1)c1ncc(N)cc1C(=O)O. The lowest BCUT2D eigenvalue weighted by molar-refractivity contribution is 0.0697. The van der Waals surface area contributed by atoms with Crippen LogP contribution in [0.3, 0.4) is 0 Å². The highest BCUT2D eigenvalue weighted by atomic mass is 16.4. The fourth-order valence-corrected chi connectivity index (χ4v) is 1.89. The Morgan fingerprint density at radius 2 is 2.10 bits per heavy atom. The maximum Gasteiger partial charge on any atom is 0.339 e. The molecule has 6 heteroatoms. The Morgan fingerprint density at radius 3 is 2.75 bits per heavy atom. The summed E-state index contributed by atoms with van der Waals surface area (Å²) in [6.45, 7) is 0.654. The molecule has 6 nitrogen and oxygen atoms in total. The van der Waals surface area contributed by atoms with Crippen LogP contribution in [-0.4, -0.2) is 34.6 Å². The fraction of sp³-hybridized carbons (Fsp3) is 0.214. The molecule has 2 heterocycles. The van der Waals surface area contributed by atoms with Crippen LogP contribution >= 0.6 is 0 Å². The number of pyridine rings is 2. The van der Waals surface area contributed by atoms with E-state index in [1.54, 1.807) is 12.4 Å². The lowest BCUT2D eigenvalue weighted by Crippen LogP contribution is -2.24. The maximum absolute atomic E-state index is 11.2. The van der Waals surface area contributed by atoms with Gasteiger partial charge in [-0.3, -0.25) is 4.98 Å². The summed E-state index contributed by atoms with van der Waals surface area (Å²) in [5.41, 5.74) is 7.17. The molecule has 0 aliphatic heterocycles. The second-order valence-electron chi connectivity index (χ2n) is 4.47. The molecule has 0 bridgehead atoms. The molecule has 2 aromatic heterocycles. The highest BCUT2D eigenvalue weighted by Crippen LogP contribution is 2.19. The number of carboxylic acids is 1. The van der Waals surface area contributed by atoms with Crippen molar-refractivity contribution < 1.29 is 9.90 Å². The lowest BCUT2D eigenvalue weighted by Gasteiger charge is -2.20. The van der Waals surface area contributed by atoms with Gasteiger partial charge in [0, 0.05) is 26.0 Å². The van der Waals surface area contributed by atoms with Gasteiger partial charge in [0.05, 0.1) is 11.9 Å². The van der Waals surface area contributed by atoms with E-state index in [9.17, 15) is 9.90 Å². The molecule has 0 radical (unpaired) electrons. The van der Waals surface area contributed by atoms with E-state index in [-0.39, 0.29) is 5.56 Å². The van der Waals surface area contributed by atoms with Gasteiger partial charge >= 0.3 is 5.97 Å². The second-order valence-corrected chi connectivity index (χ2v) is 4.47. The molecule has 20 heavy (non-hydrogen) atoms. The Morgan fingerprint density at radius 1 is 1.40 bits per heavy atom. The number of nitrogens with two attached hydrogens (primary N) is 1. The van der Waals surface area contributed by atoms with Gasteiger partial charge in [-0.25, -0.2) is 9.78 Å². The Labute approximate surface area is 116 Å². The molecule has 0 aliphatic rings. The maximum atomic E-state index is 11.2. The molecular weight excluding hydrogens is 256 g/mol. The number of hydrogen-bond donors (Lipinski definition) is 2. The molecule has 104 valence electrons. The van der Waals surface area contributed by atoms with Crippen molar-refractivity contribution in [3.63, 3.8) is 0 Å². The number of carboxylic acid groups (broad SMARTS) is 1. The average molecular weight is 272 g/mol. The third-order valence-electron chi connectivity index (χ3n) is 2.97. The van der Waals surface area contributed by atoms with E-state index in [1.807, 2.05) is 24.1 Å². The van der Waals surface area contributed by atoms with Crippen LogP contribution in [0.5, 0.6) is 0 Å². The Kier molecular flexibility index (Phi) is 4.14. The molecule has 0 unspecified atom stereocenters. The number of aromatic carboxylic acids is 1. The van der Waals surface area contributed by atoms with Crippen LogP contribution in [-0.2, 0) is 6.42 Å². The van der Waals surface area contributed by atoms with Crippen LogP contribution < -0.4 is 10.6 Å². The normalized spacial score (nSPS) is 10.2. The zero-order chi connectivity index (χ0) is 14.5. The van der Waals surface area contributed by atoms with Crippen LogP contribution in [0.4, 0.5) is 11.5 Å². The smallest absolute Gasteiger partial charge is 0.339 e. The van der Waals surface area contributed by atoms with E-state index >= 15 is 0 Å². The highest BCUT2D eigenvalue weighted by Gasteiger charge is 2.15. The summed E-state index contributed by atoms with van der Waals surface area (Å²) < 4.78 is 0. The van der Waals surface area contributed by atoms with Crippen molar-refractivity contribution >= 4 is 17.5 Å². The average Bonchev–Trinajstić information content (AvgIpc) is 2.45.